The monoisotopic (exact) mass is 191 g/mol. The summed E-state index contributed by atoms with van der Waals surface area (Å²) in [6.45, 7) is 1.39. The standard InChI is InChI=1S/C9H13N5/c10-5-8-6-11-7-14(8)4-1-9-12-2-3-13-9/h2-3,6-7H,1,4-5,10H2,(H,12,13). The van der Waals surface area contributed by atoms with Gasteiger partial charge in [0.2, 0.25) is 0 Å². The fraction of sp³-hybridized carbons (Fsp3) is 0.333. The Labute approximate surface area is 82.0 Å². The summed E-state index contributed by atoms with van der Waals surface area (Å²) in [5.74, 6) is 0.988. The Morgan fingerprint density at radius 3 is 3.14 bits per heavy atom. The molecule has 0 radical (unpaired) electrons. The largest absolute Gasteiger partial charge is 0.349 e. The van der Waals surface area contributed by atoms with Gasteiger partial charge in [0, 0.05) is 38.1 Å². The second-order valence-corrected chi connectivity index (χ2v) is 3.07. The summed E-state index contributed by atoms with van der Waals surface area (Å²) in [7, 11) is 0. The van der Waals surface area contributed by atoms with Crippen LogP contribution in [0.2, 0.25) is 0 Å². The van der Waals surface area contributed by atoms with Crippen molar-refractivity contribution in [3.8, 4) is 0 Å². The van der Waals surface area contributed by atoms with Gasteiger partial charge in [-0.3, -0.25) is 0 Å². The lowest BCUT2D eigenvalue weighted by molar-refractivity contribution is 0.646. The van der Waals surface area contributed by atoms with Gasteiger partial charge in [0.1, 0.15) is 5.82 Å². The molecule has 0 saturated heterocycles. The van der Waals surface area contributed by atoms with Gasteiger partial charge < -0.3 is 15.3 Å². The summed E-state index contributed by atoms with van der Waals surface area (Å²) in [5, 5.41) is 0. The number of nitrogens with two attached hydrogens (primary N) is 1. The second-order valence-electron chi connectivity index (χ2n) is 3.07. The Balaban J connectivity index is 1.98. The molecule has 3 N–H and O–H groups in total. The van der Waals surface area contributed by atoms with Crippen LogP contribution < -0.4 is 5.73 Å². The maximum atomic E-state index is 5.56. The number of nitrogens with zero attached hydrogens (tertiary/aromatic N) is 3. The summed E-state index contributed by atoms with van der Waals surface area (Å²) in [4.78, 5) is 11.3. The third kappa shape index (κ3) is 1.82. The summed E-state index contributed by atoms with van der Waals surface area (Å²) in [5.41, 5.74) is 6.61. The van der Waals surface area contributed by atoms with Crippen LogP contribution in [-0.2, 0) is 19.5 Å². The Kier molecular flexibility index (Phi) is 2.60. The maximum Gasteiger partial charge on any atom is 0.107 e. The molecule has 5 heteroatoms. The van der Waals surface area contributed by atoms with E-state index < -0.39 is 0 Å². The molecular weight excluding hydrogens is 178 g/mol. The molecule has 0 aliphatic heterocycles. The third-order valence-electron chi connectivity index (χ3n) is 2.15. The summed E-state index contributed by atoms with van der Waals surface area (Å²) >= 11 is 0. The van der Waals surface area contributed by atoms with E-state index in [0.29, 0.717) is 6.54 Å². The van der Waals surface area contributed by atoms with Crippen LogP contribution >= 0.6 is 0 Å². The molecule has 0 aliphatic rings. The number of aromatic amines is 1. The summed E-state index contributed by atoms with van der Waals surface area (Å²) < 4.78 is 2.04. The fourth-order valence-corrected chi connectivity index (χ4v) is 1.38. The van der Waals surface area contributed by atoms with Crippen LogP contribution in [0.25, 0.3) is 0 Å². The molecule has 2 rings (SSSR count). The lowest BCUT2D eigenvalue weighted by Gasteiger charge is -2.04. The average Bonchev–Trinajstić information content (AvgIpc) is 2.85. The smallest absolute Gasteiger partial charge is 0.107 e. The number of H-pyrrole nitrogens is 1. The van der Waals surface area contributed by atoms with Crippen LogP contribution in [-0.4, -0.2) is 19.5 Å². The highest BCUT2D eigenvalue weighted by Gasteiger charge is 2.00. The van der Waals surface area contributed by atoms with Gasteiger partial charge >= 0.3 is 0 Å². The van der Waals surface area contributed by atoms with E-state index in [2.05, 4.69) is 15.0 Å². The van der Waals surface area contributed by atoms with Gasteiger partial charge in [-0.2, -0.15) is 0 Å². The minimum absolute atomic E-state index is 0.526. The zero-order valence-corrected chi connectivity index (χ0v) is 7.85. The molecule has 74 valence electrons. The molecule has 2 aromatic heterocycles. The molecule has 14 heavy (non-hydrogen) atoms. The van der Waals surface area contributed by atoms with Gasteiger partial charge in [-0.25, -0.2) is 9.97 Å². The second kappa shape index (κ2) is 4.06. The Morgan fingerprint density at radius 2 is 2.43 bits per heavy atom. The Bertz CT molecular complexity index is 376. The number of rotatable bonds is 4. The first-order valence-corrected chi connectivity index (χ1v) is 4.57. The van der Waals surface area contributed by atoms with Gasteiger partial charge in [-0.05, 0) is 0 Å². The Morgan fingerprint density at radius 1 is 1.50 bits per heavy atom. The van der Waals surface area contributed by atoms with Crippen molar-refractivity contribution in [1.29, 1.82) is 0 Å². The Hall–Kier alpha value is -1.62. The molecule has 0 saturated carbocycles. The molecule has 0 atom stereocenters. The fourth-order valence-electron chi connectivity index (χ4n) is 1.38. The van der Waals surface area contributed by atoms with Crippen molar-refractivity contribution in [3.63, 3.8) is 0 Å². The lowest BCUT2D eigenvalue weighted by Crippen LogP contribution is -2.08. The SMILES string of the molecule is NCc1cncn1CCc1ncc[nH]1. The zero-order valence-electron chi connectivity index (χ0n) is 7.85. The number of nitrogens with one attached hydrogen (secondary N) is 1. The number of hydrogen-bond acceptors (Lipinski definition) is 3. The van der Waals surface area contributed by atoms with E-state index in [4.69, 9.17) is 5.73 Å². The van der Waals surface area contributed by atoms with Gasteiger partial charge in [0.05, 0.1) is 12.0 Å². The van der Waals surface area contributed by atoms with Crippen LogP contribution in [0.4, 0.5) is 0 Å². The van der Waals surface area contributed by atoms with Crippen LogP contribution in [0.5, 0.6) is 0 Å². The number of aromatic nitrogens is 4. The van der Waals surface area contributed by atoms with Crippen molar-refractivity contribution in [2.45, 2.75) is 19.5 Å². The summed E-state index contributed by atoms with van der Waals surface area (Å²) in [6, 6.07) is 0. The molecule has 5 nitrogen and oxygen atoms in total. The molecule has 0 aliphatic carbocycles. The van der Waals surface area contributed by atoms with E-state index >= 15 is 0 Å². The average molecular weight is 191 g/mol. The third-order valence-corrected chi connectivity index (χ3v) is 2.15. The minimum atomic E-state index is 0.526. The van der Waals surface area contributed by atoms with E-state index in [9.17, 15) is 0 Å². The molecule has 2 aromatic rings. The first kappa shape index (κ1) is 8.96. The minimum Gasteiger partial charge on any atom is -0.349 e. The normalized spacial score (nSPS) is 10.6. The van der Waals surface area contributed by atoms with E-state index in [1.165, 1.54) is 0 Å². The van der Waals surface area contributed by atoms with Crippen molar-refractivity contribution in [2.24, 2.45) is 5.73 Å². The number of aryl methyl sites for hydroxylation is 2. The molecule has 0 unspecified atom stereocenters. The van der Waals surface area contributed by atoms with Crippen molar-refractivity contribution < 1.29 is 0 Å². The van der Waals surface area contributed by atoms with Crippen molar-refractivity contribution in [1.82, 2.24) is 19.5 Å². The van der Waals surface area contributed by atoms with E-state index in [-0.39, 0.29) is 0 Å². The predicted octanol–water partition coefficient (Wildman–Crippen LogP) is 0.308. The zero-order chi connectivity index (χ0) is 9.80. The molecule has 0 spiro atoms. The van der Waals surface area contributed by atoms with Gasteiger partial charge in [0.25, 0.3) is 0 Å². The molecule has 0 bridgehead atoms. The lowest BCUT2D eigenvalue weighted by atomic mass is 10.4. The van der Waals surface area contributed by atoms with Crippen molar-refractivity contribution in [2.75, 3.05) is 0 Å². The van der Waals surface area contributed by atoms with E-state index in [1.807, 2.05) is 10.8 Å². The summed E-state index contributed by atoms with van der Waals surface area (Å²) in [6.07, 6.45) is 8.05. The predicted molar refractivity (Wildman–Crippen MR) is 52.4 cm³/mol. The van der Waals surface area contributed by atoms with E-state index in [1.54, 1.807) is 18.7 Å². The van der Waals surface area contributed by atoms with Gasteiger partial charge in [-0.1, -0.05) is 0 Å². The number of hydrogen-bond donors (Lipinski definition) is 2. The van der Waals surface area contributed by atoms with Crippen LogP contribution in [0.3, 0.4) is 0 Å². The quantitative estimate of drug-likeness (QED) is 0.730. The highest BCUT2D eigenvalue weighted by molar-refractivity contribution is 4.98. The first-order valence-electron chi connectivity index (χ1n) is 4.57. The topological polar surface area (TPSA) is 72.5 Å². The van der Waals surface area contributed by atoms with E-state index in [0.717, 1.165) is 24.5 Å². The molecule has 0 aromatic carbocycles. The highest BCUT2D eigenvalue weighted by atomic mass is 15.1. The van der Waals surface area contributed by atoms with Gasteiger partial charge in [0.15, 0.2) is 0 Å². The maximum absolute atomic E-state index is 5.56. The highest BCUT2D eigenvalue weighted by Crippen LogP contribution is 2.00. The van der Waals surface area contributed by atoms with Crippen LogP contribution in [0.15, 0.2) is 24.9 Å². The molecule has 2 heterocycles. The van der Waals surface area contributed by atoms with Crippen molar-refractivity contribution in [3.05, 3.63) is 36.4 Å². The number of imidazole rings is 2. The van der Waals surface area contributed by atoms with Gasteiger partial charge in [-0.15, -0.1) is 0 Å². The molecule has 0 fully saturated rings. The van der Waals surface area contributed by atoms with Crippen LogP contribution in [0.1, 0.15) is 11.5 Å². The first-order chi connectivity index (χ1) is 6.90. The molecular formula is C9H13N5. The van der Waals surface area contributed by atoms with Crippen molar-refractivity contribution >= 4 is 0 Å². The van der Waals surface area contributed by atoms with Crippen LogP contribution in [0, 0.1) is 0 Å². The molecule has 0 amide bonds.